The molecule has 1 amide bonds. The van der Waals surface area contributed by atoms with Crippen molar-refractivity contribution in [3.8, 4) is 11.4 Å². The first kappa shape index (κ1) is 25.6. The van der Waals surface area contributed by atoms with Crippen LogP contribution in [0.5, 0.6) is 0 Å². The molecule has 0 saturated carbocycles. The number of aryl methyl sites for hydroxylation is 1. The minimum Gasteiger partial charge on any atom is -0.444 e. The first-order valence-electron chi connectivity index (χ1n) is 12.3. The number of nitrogens with one attached hydrogen (secondary N) is 1. The van der Waals surface area contributed by atoms with Gasteiger partial charge in [0.05, 0.1) is 34.5 Å². The number of carbonyl (C=O) groups is 2. The van der Waals surface area contributed by atoms with Crippen LogP contribution in [-0.4, -0.2) is 39.8 Å². The number of hydrogen-bond donors (Lipinski definition) is 1. The zero-order valence-corrected chi connectivity index (χ0v) is 22.4. The van der Waals surface area contributed by atoms with Crippen molar-refractivity contribution in [2.45, 2.75) is 57.1 Å². The predicted octanol–water partition coefficient (Wildman–Crippen LogP) is 5.05. The molecule has 2 aromatic heterocycles. The summed E-state index contributed by atoms with van der Waals surface area (Å²) in [5.74, 6) is -0.233. The molecule has 0 saturated heterocycles. The van der Waals surface area contributed by atoms with Crippen molar-refractivity contribution in [1.82, 2.24) is 19.3 Å². The highest BCUT2D eigenvalue weighted by atomic mass is 32.2. The van der Waals surface area contributed by atoms with Crippen molar-refractivity contribution < 1.29 is 22.7 Å². The molecule has 0 bridgehead atoms. The van der Waals surface area contributed by atoms with Gasteiger partial charge >= 0.3 is 6.09 Å². The summed E-state index contributed by atoms with van der Waals surface area (Å²) >= 11 is 0. The summed E-state index contributed by atoms with van der Waals surface area (Å²) in [4.78, 5) is 32.8. The number of ether oxygens (including phenoxy) is 1. The molecule has 0 radical (unpaired) electrons. The minimum absolute atomic E-state index is 0.136. The fraction of sp³-hybridized carbons (Fsp3) is 0.286. The Morgan fingerprint density at radius 2 is 1.79 bits per heavy atom. The van der Waals surface area contributed by atoms with E-state index in [1.165, 1.54) is 23.3 Å². The topological polar surface area (TPSA) is 120 Å². The number of ketones is 1. The summed E-state index contributed by atoms with van der Waals surface area (Å²) < 4.78 is 34.5. The van der Waals surface area contributed by atoms with Crippen molar-refractivity contribution >= 4 is 32.8 Å². The normalized spacial score (nSPS) is 15.3. The van der Waals surface area contributed by atoms with Gasteiger partial charge in [0.15, 0.2) is 5.78 Å². The molecule has 0 spiro atoms. The van der Waals surface area contributed by atoms with E-state index < -0.39 is 21.7 Å². The standard InChI is InChI=1S/C28H28N4O5S/c1-17(33)23-15-30-24(16-29-23)26-14-21-19-10-12-22(31-27(34)37-28(2,3)4)20(19)11-13-25(21)32(26)38(35,36)18-8-6-5-7-9-18/h5-9,11,13-16,22H,10,12H2,1-4H3,(H,31,34)/t22-/m1/s1. The summed E-state index contributed by atoms with van der Waals surface area (Å²) in [6.07, 6.45) is 3.57. The number of aromatic nitrogens is 3. The van der Waals surface area contributed by atoms with E-state index in [9.17, 15) is 18.0 Å². The van der Waals surface area contributed by atoms with Crippen LogP contribution in [0.1, 0.15) is 61.8 Å². The second-order valence-electron chi connectivity index (χ2n) is 10.3. The fourth-order valence-electron chi connectivity index (χ4n) is 4.76. The maximum absolute atomic E-state index is 13.9. The number of amides is 1. The van der Waals surface area contributed by atoms with E-state index in [0.29, 0.717) is 29.7 Å². The lowest BCUT2D eigenvalue weighted by Gasteiger charge is -2.22. The monoisotopic (exact) mass is 532 g/mol. The minimum atomic E-state index is -4.01. The molecule has 0 unspecified atom stereocenters. The van der Waals surface area contributed by atoms with E-state index in [2.05, 4.69) is 15.3 Å². The summed E-state index contributed by atoms with van der Waals surface area (Å²) in [7, 11) is -4.01. The molecule has 2 heterocycles. The van der Waals surface area contributed by atoms with E-state index in [4.69, 9.17) is 4.74 Å². The Bertz CT molecular complexity index is 1650. The van der Waals surface area contributed by atoms with Crippen LogP contribution in [0, 0.1) is 0 Å². The van der Waals surface area contributed by atoms with Gasteiger partial charge in [-0.3, -0.25) is 9.78 Å². The van der Waals surface area contributed by atoms with Crippen LogP contribution >= 0.6 is 0 Å². The number of alkyl carbamates (subject to hydrolysis) is 1. The second-order valence-corrected chi connectivity index (χ2v) is 12.0. The first-order valence-corrected chi connectivity index (χ1v) is 13.7. The molecule has 1 atom stereocenters. The molecule has 9 nitrogen and oxygen atoms in total. The second kappa shape index (κ2) is 9.36. The van der Waals surface area contributed by atoms with Crippen molar-refractivity contribution in [1.29, 1.82) is 0 Å². The number of fused-ring (bicyclic) bond motifs is 3. The van der Waals surface area contributed by atoms with Gasteiger partial charge in [-0.2, -0.15) is 0 Å². The summed E-state index contributed by atoms with van der Waals surface area (Å²) in [5.41, 5.74) is 2.61. The molecule has 0 fully saturated rings. The van der Waals surface area contributed by atoms with Gasteiger partial charge in [0.1, 0.15) is 17.0 Å². The molecule has 4 aromatic rings. The Morgan fingerprint density at radius 1 is 1.05 bits per heavy atom. The number of carbonyl (C=O) groups excluding carboxylic acids is 2. The SMILES string of the molecule is CC(=O)c1cnc(-c2cc3c4c(ccc3n2S(=O)(=O)c2ccccc2)[C@H](NC(=O)OC(C)(C)C)CC4)cn1. The molecule has 2 aromatic carbocycles. The van der Waals surface area contributed by atoms with Crippen molar-refractivity contribution in [3.05, 3.63) is 77.7 Å². The largest absolute Gasteiger partial charge is 0.444 e. The highest BCUT2D eigenvalue weighted by Gasteiger charge is 2.31. The van der Waals surface area contributed by atoms with Crippen LogP contribution in [0.15, 0.2) is 65.8 Å². The van der Waals surface area contributed by atoms with E-state index in [-0.39, 0.29) is 22.4 Å². The van der Waals surface area contributed by atoms with Gasteiger partial charge in [0, 0.05) is 12.3 Å². The molecule has 1 aliphatic rings. The van der Waals surface area contributed by atoms with Gasteiger partial charge in [0.2, 0.25) is 0 Å². The van der Waals surface area contributed by atoms with Gasteiger partial charge in [-0.05, 0) is 69.0 Å². The third-order valence-electron chi connectivity index (χ3n) is 6.39. The average molecular weight is 533 g/mol. The third kappa shape index (κ3) is 4.67. The molecule has 1 N–H and O–H groups in total. The lowest BCUT2D eigenvalue weighted by Crippen LogP contribution is -2.34. The van der Waals surface area contributed by atoms with E-state index >= 15 is 0 Å². The Morgan fingerprint density at radius 3 is 2.42 bits per heavy atom. The Kier molecular flexibility index (Phi) is 6.30. The zero-order valence-electron chi connectivity index (χ0n) is 21.6. The van der Waals surface area contributed by atoms with E-state index in [1.807, 2.05) is 26.8 Å². The molecule has 10 heteroatoms. The maximum atomic E-state index is 13.9. The summed E-state index contributed by atoms with van der Waals surface area (Å²) in [5, 5.41) is 3.69. The van der Waals surface area contributed by atoms with Crippen LogP contribution in [-0.2, 0) is 21.2 Å². The van der Waals surface area contributed by atoms with Gasteiger partial charge in [-0.15, -0.1) is 0 Å². The third-order valence-corrected chi connectivity index (χ3v) is 8.14. The highest BCUT2D eigenvalue weighted by molar-refractivity contribution is 7.90. The molecular weight excluding hydrogens is 504 g/mol. The van der Waals surface area contributed by atoms with Crippen molar-refractivity contribution in [2.24, 2.45) is 0 Å². The van der Waals surface area contributed by atoms with Gasteiger partial charge in [-0.1, -0.05) is 24.3 Å². The Balaban J connectivity index is 1.66. The first-order chi connectivity index (χ1) is 18.0. The molecule has 196 valence electrons. The quantitative estimate of drug-likeness (QED) is 0.357. The Hall–Kier alpha value is -4.05. The fourth-order valence-corrected chi connectivity index (χ4v) is 6.29. The Labute approximate surface area is 220 Å². The van der Waals surface area contributed by atoms with Crippen molar-refractivity contribution in [3.63, 3.8) is 0 Å². The molecule has 0 aliphatic heterocycles. The lowest BCUT2D eigenvalue weighted by atomic mass is 10.0. The number of Topliss-reactive ketones (excluding diaryl/α,β-unsaturated/α-hetero) is 1. The molecule has 5 rings (SSSR count). The van der Waals surface area contributed by atoms with Gasteiger partial charge < -0.3 is 10.1 Å². The van der Waals surface area contributed by atoms with E-state index in [0.717, 1.165) is 16.5 Å². The van der Waals surface area contributed by atoms with Crippen molar-refractivity contribution in [2.75, 3.05) is 0 Å². The lowest BCUT2D eigenvalue weighted by molar-refractivity contribution is 0.0503. The zero-order chi connectivity index (χ0) is 27.2. The van der Waals surface area contributed by atoms with Gasteiger partial charge in [-0.25, -0.2) is 22.2 Å². The van der Waals surface area contributed by atoms with Crippen LogP contribution in [0.25, 0.3) is 22.3 Å². The molecule has 38 heavy (non-hydrogen) atoms. The predicted molar refractivity (Wildman–Crippen MR) is 142 cm³/mol. The molecular formula is C28H28N4O5S. The average Bonchev–Trinajstić information content (AvgIpc) is 3.45. The summed E-state index contributed by atoms with van der Waals surface area (Å²) in [6, 6.07) is 13.3. The number of hydrogen-bond acceptors (Lipinski definition) is 7. The maximum Gasteiger partial charge on any atom is 0.408 e. The molecule has 1 aliphatic carbocycles. The highest BCUT2D eigenvalue weighted by Crippen LogP contribution is 2.40. The van der Waals surface area contributed by atoms with Crippen LogP contribution in [0.3, 0.4) is 0 Å². The van der Waals surface area contributed by atoms with Gasteiger partial charge in [0.25, 0.3) is 10.0 Å². The number of nitrogens with zero attached hydrogens (tertiary/aromatic N) is 3. The number of benzene rings is 2. The van der Waals surface area contributed by atoms with Crippen LogP contribution < -0.4 is 5.32 Å². The summed E-state index contributed by atoms with van der Waals surface area (Å²) in [6.45, 7) is 6.82. The number of rotatable bonds is 5. The smallest absolute Gasteiger partial charge is 0.408 e. The van der Waals surface area contributed by atoms with E-state index in [1.54, 1.807) is 42.5 Å². The van der Waals surface area contributed by atoms with Crippen LogP contribution in [0.2, 0.25) is 0 Å². The van der Waals surface area contributed by atoms with Crippen LogP contribution in [0.4, 0.5) is 4.79 Å².